The van der Waals surface area contributed by atoms with Crippen molar-refractivity contribution >= 4 is 29.6 Å². The number of hydrogen-bond acceptors (Lipinski definition) is 7. The van der Waals surface area contributed by atoms with Crippen molar-refractivity contribution in [1.82, 2.24) is 20.1 Å². The van der Waals surface area contributed by atoms with Crippen molar-refractivity contribution < 1.29 is 28.3 Å². The Morgan fingerprint density at radius 2 is 2.11 bits per heavy atom. The number of benzene rings is 1. The number of imide groups is 1. The van der Waals surface area contributed by atoms with Crippen molar-refractivity contribution in [2.75, 3.05) is 18.9 Å². The van der Waals surface area contributed by atoms with Crippen LogP contribution in [0.25, 0.3) is 0 Å². The van der Waals surface area contributed by atoms with Crippen LogP contribution in [-0.2, 0) is 32.9 Å². The summed E-state index contributed by atoms with van der Waals surface area (Å²) in [5.41, 5.74) is 1.12. The van der Waals surface area contributed by atoms with Gasteiger partial charge in [-0.3, -0.25) is 9.59 Å². The van der Waals surface area contributed by atoms with Crippen LogP contribution >= 0.6 is 0 Å². The van der Waals surface area contributed by atoms with Crippen LogP contribution < -0.4 is 10.6 Å². The summed E-state index contributed by atoms with van der Waals surface area (Å²) < 4.78 is 10.7. The van der Waals surface area contributed by atoms with Crippen molar-refractivity contribution in [3.8, 4) is 0 Å². The number of aromatic nitrogens is 1. The lowest BCUT2D eigenvalue weighted by Crippen LogP contribution is -2.47. The third-order valence-electron chi connectivity index (χ3n) is 7.07. The predicted molar refractivity (Wildman–Crippen MR) is 122 cm³/mol. The number of nitrogens with one attached hydrogen (secondary N) is 2. The van der Waals surface area contributed by atoms with Gasteiger partial charge in [0.2, 0.25) is 11.5 Å². The van der Waals surface area contributed by atoms with Crippen LogP contribution in [0.5, 0.6) is 0 Å². The maximum Gasteiger partial charge on any atom is 0.418 e. The number of carbonyl (C=O) groups excluding carboxylic acids is 4. The molecule has 3 aliphatic rings. The molecule has 5 rings (SSSR count). The fourth-order valence-electron chi connectivity index (χ4n) is 4.93. The van der Waals surface area contributed by atoms with Crippen molar-refractivity contribution in [3.63, 3.8) is 0 Å². The molecule has 2 aromatic rings. The average Bonchev–Trinajstić information content (AvgIpc) is 3.38. The first-order valence-electron chi connectivity index (χ1n) is 11.7. The second kappa shape index (κ2) is 8.71. The molecule has 0 radical (unpaired) electrons. The summed E-state index contributed by atoms with van der Waals surface area (Å²) in [7, 11) is 1.52. The number of carbonyl (C=O) groups is 4. The van der Waals surface area contributed by atoms with Gasteiger partial charge in [0.05, 0.1) is 12.2 Å². The van der Waals surface area contributed by atoms with E-state index in [2.05, 4.69) is 15.6 Å². The number of amides is 5. The zero-order chi connectivity index (χ0) is 24.7. The van der Waals surface area contributed by atoms with Gasteiger partial charge in [-0.2, -0.15) is 0 Å². The molecule has 35 heavy (non-hydrogen) atoms. The van der Waals surface area contributed by atoms with Crippen molar-refractivity contribution in [3.05, 3.63) is 47.7 Å². The minimum Gasteiger partial charge on any atom is -0.451 e. The number of ether oxygens (including phenoxy) is 1. The molecular formula is C24H27N5O6. The first kappa shape index (κ1) is 22.9. The van der Waals surface area contributed by atoms with Gasteiger partial charge < -0.3 is 24.7 Å². The summed E-state index contributed by atoms with van der Waals surface area (Å²) in [6.45, 7) is 1.80. The SMILES string of the molecule is CNC(=O)Nc1ccc2c(c1)CC[C@@]21OC(=O)N(CC(=O)N(Cc2cocn2)[C@@H](C)C2CC2)C1=O. The van der Waals surface area contributed by atoms with E-state index in [1.54, 1.807) is 23.1 Å². The number of anilines is 1. The highest BCUT2D eigenvalue weighted by Crippen LogP contribution is 2.46. The molecule has 11 nitrogen and oxygen atoms in total. The Hall–Kier alpha value is -3.89. The highest BCUT2D eigenvalue weighted by atomic mass is 16.6. The Bertz CT molecular complexity index is 1180. The number of rotatable bonds is 7. The van der Waals surface area contributed by atoms with E-state index in [0.717, 1.165) is 23.3 Å². The molecular weight excluding hydrogens is 454 g/mol. The van der Waals surface area contributed by atoms with Crippen LogP contribution in [0.2, 0.25) is 0 Å². The van der Waals surface area contributed by atoms with E-state index in [0.29, 0.717) is 29.3 Å². The van der Waals surface area contributed by atoms with Gasteiger partial charge in [-0.25, -0.2) is 19.5 Å². The molecule has 1 saturated carbocycles. The molecule has 1 saturated heterocycles. The number of fused-ring (bicyclic) bond motifs is 2. The van der Waals surface area contributed by atoms with Crippen molar-refractivity contribution in [1.29, 1.82) is 0 Å². The van der Waals surface area contributed by atoms with Crippen LogP contribution in [0.3, 0.4) is 0 Å². The van der Waals surface area contributed by atoms with Gasteiger partial charge in [-0.1, -0.05) is 6.07 Å². The van der Waals surface area contributed by atoms with E-state index in [-0.39, 0.29) is 30.9 Å². The number of oxazole rings is 1. The summed E-state index contributed by atoms with van der Waals surface area (Å²) in [4.78, 5) is 58.0. The molecule has 1 aromatic heterocycles. The van der Waals surface area contributed by atoms with Gasteiger partial charge in [0.25, 0.3) is 5.91 Å². The Labute approximate surface area is 201 Å². The summed E-state index contributed by atoms with van der Waals surface area (Å²) in [5.74, 6) is -0.502. The second-order valence-electron chi connectivity index (χ2n) is 9.24. The van der Waals surface area contributed by atoms with Crippen LogP contribution in [0.15, 0.2) is 35.3 Å². The van der Waals surface area contributed by atoms with Gasteiger partial charge in [0, 0.05) is 30.8 Å². The Morgan fingerprint density at radius 1 is 1.31 bits per heavy atom. The molecule has 184 valence electrons. The Balaban J connectivity index is 1.34. The quantitative estimate of drug-likeness (QED) is 0.620. The standard InChI is InChI=1S/C24H27N5O6/c1-14(15-3-4-15)28(10-18-12-34-13-26-18)20(30)11-29-21(31)24(35-23(29)33)8-7-16-9-17(5-6-19(16)24)27-22(32)25-2/h5-6,9,12-15H,3-4,7-8,10-11H2,1-2H3,(H2,25,27,32)/t14-,24+/m0/s1. The molecule has 0 bridgehead atoms. The minimum atomic E-state index is -1.45. The number of hydrogen-bond donors (Lipinski definition) is 2. The van der Waals surface area contributed by atoms with Crippen LogP contribution in [-0.4, -0.2) is 58.4 Å². The molecule has 2 fully saturated rings. The summed E-state index contributed by atoms with van der Waals surface area (Å²) in [6.07, 6.45) is 4.80. The van der Waals surface area contributed by atoms with E-state index < -0.39 is 24.1 Å². The normalized spacial score (nSPS) is 21.6. The molecule has 2 N–H and O–H groups in total. The smallest absolute Gasteiger partial charge is 0.418 e. The molecule has 2 aliphatic carbocycles. The Kier molecular flexibility index (Phi) is 5.70. The third kappa shape index (κ3) is 4.11. The second-order valence-corrected chi connectivity index (χ2v) is 9.24. The summed E-state index contributed by atoms with van der Waals surface area (Å²) in [6, 6.07) is 4.70. The molecule has 5 amide bonds. The highest BCUT2D eigenvalue weighted by Gasteiger charge is 2.58. The van der Waals surface area contributed by atoms with Gasteiger partial charge in [0.15, 0.2) is 6.39 Å². The largest absolute Gasteiger partial charge is 0.451 e. The van der Waals surface area contributed by atoms with E-state index in [1.807, 2.05) is 6.92 Å². The lowest BCUT2D eigenvalue weighted by molar-refractivity contribution is -0.143. The topological polar surface area (TPSA) is 134 Å². The Morgan fingerprint density at radius 3 is 2.80 bits per heavy atom. The number of urea groups is 1. The minimum absolute atomic E-state index is 0.0552. The molecule has 0 unspecified atom stereocenters. The first-order valence-corrected chi connectivity index (χ1v) is 11.7. The molecule has 11 heteroatoms. The fourth-order valence-corrected chi connectivity index (χ4v) is 4.93. The lowest BCUT2D eigenvalue weighted by atomic mass is 9.94. The van der Waals surface area contributed by atoms with Gasteiger partial charge in [0.1, 0.15) is 12.8 Å². The van der Waals surface area contributed by atoms with Gasteiger partial charge >= 0.3 is 12.1 Å². The van der Waals surface area contributed by atoms with Crippen LogP contribution in [0.1, 0.15) is 43.0 Å². The third-order valence-corrected chi connectivity index (χ3v) is 7.07. The maximum absolute atomic E-state index is 13.5. The van der Waals surface area contributed by atoms with E-state index in [1.165, 1.54) is 19.7 Å². The fraction of sp³-hybridized carbons (Fsp3) is 0.458. The van der Waals surface area contributed by atoms with Crippen molar-refractivity contribution in [2.24, 2.45) is 5.92 Å². The number of aryl methyl sites for hydroxylation is 1. The average molecular weight is 482 g/mol. The predicted octanol–water partition coefficient (Wildman–Crippen LogP) is 2.37. The zero-order valence-corrected chi connectivity index (χ0v) is 19.6. The monoisotopic (exact) mass is 481 g/mol. The van der Waals surface area contributed by atoms with E-state index >= 15 is 0 Å². The molecule has 1 aliphatic heterocycles. The molecule has 1 spiro atoms. The number of nitrogens with zero attached hydrogens (tertiary/aromatic N) is 3. The molecule has 1 aromatic carbocycles. The highest BCUT2D eigenvalue weighted by molar-refractivity contribution is 6.06. The van der Waals surface area contributed by atoms with Gasteiger partial charge in [-0.15, -0.1) is 0 Å². The van der Waals surface area contributed by atoms with E-state index in [4.69, 9.17) is 9.15 Å². The molecule has 2 atom stereocenters. The van der Waals surface area contributed by atoms with E-state index in [9.17, 15) is 19.2 Å². The van der Waals surface area contributed by atoms with Crippen LogP contribution in [0.4, 0.5) is 15.3 Å². The molecule has 2 heterocycles. The van der Waals surface area contributed by atoms with Gasteiger partial charge in [-0.05, 0) is 49.8 Å². The summed E-state index contributed by atoms with van der Waals surface area (Å²) in [5, 5.41) is 5.18. The first-order chi connectivity index (χ1) is 16.8. The zero-order valence-electron chi connectivity index (χ0n) is 19.6. The maximum atomic E-state index is 13.5. The van der Waals surface area contributed by atoms with Crippen molar-refractivity contribution in [2.45, 2.75) is 50.8 Å². The van der Waals surface area contributed by atoms with Crippen LogP contribution in [0, 0.1) is 5.92 Å². The lowest BCUT2D eigenvalue weighted by Gasteiger charge is -2.30. The summed E-state index contributed by atoms with van der Waals surface area (Å²) >= 11 is 0.